The molecule has 0 radical (unpaired) electrons. The number of hydrogen-bond donors (Lipinski definition) is 1. The molecule has 1 fully saturated rings. The van der Waals surface area contributed by atoms with Gasteiger partial charge in [-0.3, -0.25) is 0 Å². The van der Waals surface area contributed by atoms with Crippen molar-refractivity contribution in [2.24, 2.45) is 0 Å². The molecule has 128 valence electrons. The number of benzene rings is 1. The zero-order valence-electron chi connectivity index (χ0n) is 13.3. The first-order chi connectivity index (χ1) is 11.4. The molecule has 1 aliphatic rings. The number of halogens is 2. The third-order valence-corrected chi connectivity index (χ3v) is 4.03. The second kappa shape index (κ2) is 6.54. The summed E-state index contributed by atoms with van der Waals surface area (Å²) in [5.41, 5.74) is 1.88. The lowest BCUT2D eigenvalue weighted by molar-refractivity contribution is -0.0470. The Labute approximate surface area is 137 Å². The van der Waals surface area contributed by atoms with E-state index < -0.39 is 12.0 Å². The van der Waals surface area contributed by atoms with Gasteiger partial charge in [0.1, 0.15) is 0 Å². The van der Waals surface area contributed by atoms with Crippen LogP contribution < -0.4 is 5.32 Å². The van der Waals surface area contributed by atoms with Crippen molar-refractivity contribution in [1.82, 2.24) is 20.4 Å². The molecule has 0 unspecified atom stereocenters. The van der Waals surface area contributed by atoms with E-state index >= 15 is 0 Å². The molecule has 8 heteroatoms. The molecule has 6 nitrogen and oxygen atoms in total. The number of nitrogens with zero attached hydrogens (tertiary/aromatic N) is 3. The monoisotopic (exact) mass is 336 g/mol. The number of aryl methyl sites for hydroxylation is 1. The number of alkyl halides is 2. The van der Waals surface area contributed by atoms with Crippen LogP contribution in [-0.2, 0) is 6.54 Å². The summed E-state index contributed by atoms with van der Waals surface area (Å²) in [4.78, 5) is 17.6. The maximum Gasteiger partial charge on any atom is 0.317 e. The fourth-order valence-corrected chi connectivity index (χ4v) is 2.56. The first-order valence-corrected chi connectivity index (χ1v) is 7.74. The van der Waals surface area contributed by atoms with Crippen LogP contribution in [0.1, 0.15) is 24.3 Å². The van der Waals surface area contributed by atoms with Crippen LogP contribution in [0.15, 0.2) is 28.8 Å². The third-order valence-electron chi connectivity index (χ3n) is 4.03. The molecule has 0 saturated carbocycles. The normalized spacial score (nSPS) is 16.9. The zero-order valence-corrected chi connectivity index (χ0v) is 13.3. The number of rotatable bonds is 3. The van der Waals surface area contributed by atoms with Gasteiger partial charge in [0, 0.05) is 31.5 Å². The van der Waals surface area contributed by atoms with Gasteiger partial charge in [0.05, 0.1) is 6.54 Å². The van der Waals surface area contributed by atoms with Gasteiger partial charge in [-0.05, 0) is 12.5 Å². The lowest BCUT2D eigenvalue weighted by Gasteiger charge is -2.31. The molecule has 1 N–H and O–H groups in total. The highest BCUT2D eigenvalue weighted by Crippen LogP contribution is 2.27. The number of carbonyl (C=O) groups excluding carboxylic acids is 1. The first kappa shape index (κ1) is 16.4. The maximum absolute atomic E-state index is 13.1. The quantitative estimate of drug-likeness (QED) is 0.935. The van der Waals surface area contributed by atoms with Crippen molar-refractivity contribution in [2.75, 3.05) is 13.1 Å². The van der Waals surface area contributed by atoms with E-state index in [0.29, 0.717) is 5.82 Å². The number of aromatic nitrogens is 2. The van der Waals surface area contributed by atoms with Gasteiger partial charge in [0.25, 0.3) is 5.92 Å². The minimum Gasteiger partial charge on any atom is -0.337 e. The average Bonchev–Trinajstić information content (AvgIpc) is 3.02. The molecular weight excluding hydrogens is 318 g/mol. The van der Waals surface area contributed by atoms with Crippen LogP contribution in [0.4, 0.5) is 13.6 Å². The topological polar surface area (TPSA) is 71.3 Å². The van der Waals surface area contributed by atoms with E-state index in [0.717, 1.165) is 11.1 Å². The molecule has 2 heterocycles. The van der Waals surface area contributed by atoms with Crippen molar-refractivity contribution in [1.29, 1.82) is 0 Å². The van der Waals surface area contributed by atoms with Gasteiger partial charge >= 0.3 is 6.03 Å². The number of carbonyl (C=O) groups is 1. The summed E-state index contributed by atoms with van der Waals surface area (Å²) in [5.74, 6) is -1.95. The smallest absolute Gasteiger partial charge is 0.317 e. The number of amides is 2. The number of urea groups is 1. The zero-order chi connectivity index (χ0) is 17.2. The molecule has 2 aromatic rings. The van der Waals surface area contributed by atoms with Crippen molar-refractivity contribution in [3.8, 4) is 11.4 Å². The number of piperidine rings is 1. The summed E-state index contributed by atoms with van der Waals surface area (Å²) >= 11 is 0. The van der Waals surface area contributed by atoms with Crippen LogP contribution in [-0.4, -0.2) is 40.1 Å². The minimum atomic E-state index is -2.67. The van der Waals surface area contributed by atoms with Crippen molar-refractivity contribution in [3.63, 3.8) is 0 Å². The van der Waals surface area contributed by atoms with Crippen LogP contribution in [0.3, 0.4) is 0 Å². The van der Waals surface area contributed by atoms with Crippen LogP contribution >= 0.6 is 0 Å². The summed E-state index contributed by atoms with van der Waals surface area (Å²) in [5, 5.41) is 6.53. The third kappa shape index (κ3) is 3.69. The van der Waals surface area contributed by atoms with Crippen LogP contribution in [0.25, 0.3) is 11.4 Å². The Morgan fingerprint density at radius 3 is 2.75 bits per heavy atom. The highest BCUT2D eigenvalue weighted by Gasteiger charge is 2.35. The Kier molecular flexibility index (Phi) is 4.46. The van der Waals surface area contributed by atoms with E-state index in [1.807, 2.05) is 31.2 Å². The number of hydrogen-bond acceptors (Lipinski definition) is 4. The minimum absolute atomic E-state index is 0.0388. The fraction of sp³-hybridized carbons (Fsp3) is 0.438. The molecule has 2 amide bonds. The lowest BCUT2D eigenvalue weighted by Crippen LogP contribution is -2.47. The van der Waals surface area contributed by atoms with E-state index in [2.05, 4.69) is 15.5 Å². The first-order valence-electron chi connectivity index (χ1n) is 7.74. The molecule has 0 spiro atoms. The van der Waals surface area contributed by atoms with Crippen LogP contribution in [0.5, 0.6) is 0 Å². The summed E-state index contributed by atoms with van der Waals surface area (Å²) in [6.07, 6.45) is -0.614. The molecule has 1 saturated heterocycles. The maximum atomic E-state index is 13.1. The van der Waals surface area contributed by atoms with E-state index in [1.165, 1.54) is 4.90 Å². The van der Waals surface area contributed by atoms with Gasteiger partial charge in [0.2, 0.25) is 11.7 Å². The lowest BCUT2D eigenvalue weighted by atomic mass is 10.1. The van der Waals surface area contributed by atoms with Gasteiger partial charge in [-0.15, -0.1) is 0 Å². The number of nitrogens with one attached hydrogen (secondary N) is 1. The Morgan fingerprint density at radius 1 is 1.33 bits per heavy atom. The van der Waals surface area contributed by atoms with Gasteiger partial charge in [0.15, 0.2) is 0 Å². The highest BCUT2D eigenvalue weighted by atomic mass is 19.3. The van der Waals surface area contributed by atoms with Crippen molar-refractivity contribution in [2.45, 2.75) is 32.2 Å². The van der Waals surface area contributed by atoms with E-state index in [1.54, 1.807) is 0 Å². The van der Waals surface area contributed by atoms with Gasteiger partial charge < -0.3 is 14.7 Å². The van der Waals surface area contributed by atoms with Crippen molar-refractivity contribution in [3.05, 3.63) is 35.7 Å². The highest BCUT2D eigenvalue weighted by molar-refractivity contribution is 5.74. The van der Waals surface area contributed by atoms with Crippen LogP contribution in [0.2, 0.25) is 0 Å². The fourth-order valence-electron chi connectivity index (χ4n) is 2.56. The van der Waals surface area contributed by atoms with E-state index in [4.69, 9.17) is 4.52 Å². The van der Waals surface area contributed by atoms with Crippen LogP contribution in [0, 0.1) is 6.92 Å². The second-order valence-corrected chi connectivity index (χ2v) is 5.83. The summed E-state index contributed by atoms with van der Waals surface area (Å²) < 4.78 is 31.3. The second-order valence-electron chi connectivity index (χ2n) is 5.83. The van der Waals surface area contributed by atoms with Gasteiger partial charge in [-0.2, -0.15) is 4.98 Å². The predicted molar refractivity (Wildman–Crippen MR) is 82.5 cm³/mol. The molecule has 1 aromatic heterocycles. The molecular formula is C16H18F2N4O2. The molecule has 1 aliphatic heterocycles. The van der Waals surface area contributed by atoms with E-state index in [9.17, 15) is 13.6 Å². The molecule has 0 aliphatic carbocycles. The molecule has 0 atom stereocenters. The predicted octanol–water partition coefficient (Wildman–Crippen LogP) is 2.99. The van der Waals surface area contributed by atoms with Gasteiger partial charge in [-0.1, -0.05) is 29.4 Å². The molecule has 3 rings (SSSR count). The van der Waals surface area contributed by atoms with Crippen molar-refractivity contribution < 1.29 is 18.1 Å². The van der Waals surface area contributed by atoms with Gasteiger partial charge in [-0.25, -0.2) is 13.6 Å². The Balaban J connectivity index is 1.56. The standard InChI is InChI=1S/C16H18F2N4O2/c1-11-4-2-3-5-12(11)14-20-13(24-21-14)10-19-15(23)22-8-6-16(17,18)7-9-22/h2-5H,6-10H2,1H3,(H,19,23). The Bertz CT molecular complexity index is 722. The summed E-state index contributed by atoms with van der Waals surface area (Å²) in [7, 11) is 0. The summed E-state index contributed by atoms with van der Waals surface area (Å²) in [6, 6.07) is 7.23. The SMILES string of the molecule is Cc1ccccc1-c1noc(CNC(=O)N2CCC(F)(F)CC2)n1. The number of likely N-dealkylation sites (tertiary alicyclic amines) is 1. The summed E-state index contributed by atoms with van der Waals surface area (Å²) in [6.45, 7) is 2.08. The molecule has 1 aromatic carbocycles. The Morgan fingerprint density at radius 2 is 2.04 bits per heavy atom. The van der Waals surface area contributed by atoms with E-state index in [-0.39, 0.29) is 38.4 Å². The largest absolute Gasteiger partial charge is 0.337 e. The van der Waals surface area contributed by atoms with Crippen molar-refractivity contribution >= 4 is 6.03 Å². The molecule has 24 heavy (non-hydrogen) atoms. The molecule has 0 bridgehead atoms. The Hall–Kier alpha value is -2.51. The average molecular weight is 336 g/mol.